The Morgan fingerprint density at radius 1 is 1.33 bits per heavy atom. The van der Waals surface area contributed by atoms with Gasteiger partial charge in [0, 0.05) is 27.0 Å². The van der Waals surface area contributed by atoms with Crippen LogP contribution in [0.5, 0.6) is 0 Å². The highest BCUT2D eigenvalue weighted by molar-refractivity contribution is 7.11. The fraction of sp³-hybridized carbons (Fsp3) is 0.0667. The molecule has 0 saturated carbocycles. The number of halogens is 1. The summed E-state index contributed by atoms with van der Waals surface area (Å²) in [5.74, 6) is -1.27. The molecule has 2 aromatic rings. The zero-order chi connectivity index (χ0) is 15.4. The van der Waals surface area contributed by atoms with Crippen molar-refractivity contribution in [3.05, 3.63) is 56.7 Å². The summed E-state index contributed by atoms with van der Waals surface area (Å²) in [6.45, 7) is 1.86. The number of carbonyl (C=O) groups is 2. The maximum absolute atomic E-state index is 12.1. The Bertz CT molecular complexity index is 721. The van der Waals surface area contributed by atoms with E-state index in [0.717, 1.165) is 11.6 Å². The molecule has 0 aliphatic carbocycles. The first-order valence-corrected chi connectivity index (χ1v) is 7.28. The molecule has 0 aliphatic heterocycles. The van der Waals surface area contributed by atoms with Crippen LogP contribution in [0.4, 0.5) is 5.69 Å². The van der Waals surface area contributed by atoms with E-state index >= 15 is 0 Å². The van der Waals surface area contributed by atoms with Gasteiger partial charge < -0.3 is 10.4 Å². The van der Waals surface area contributed by atoms with Crippen LogP contribution in [0.15, 0.2) is 35.7 Å². The molecule has 0 radical (unpaired) electrons. The third kappa shape index (κ3) is 4.18. The Hall–Kier alpha value is -2.11. The first kappa shape index (κ1) is 15.3. The van der Waals surface area contributed by atoms with Gasteiger partial charge in [0.15, 0.2) is 0 Å². The molecule has 6 heteroatoms. The number of aryl methyl sites for hydroxylation is 1. The fourth-order valence-corrected chi connectivity index (χ4v) is 2.68. The molecule has 0 bridgehead atoms. The topological polar surface area (TPSA) is 66.4 Å². The van der Waals surface area contributed by atoms with E-state index in [9.17, 15) is 9.59 Å². The number of hydrogen-bond donors (Lipinski definition) is 2. The lowest BCUT2D eigenvalue weighted by molar-refractivity contribution is -0.131. The van der Waals surface area contributed by atoms with E-state index in [4.69, 9.17) is 16.7 Å². The lowest BCUT2D eigenvalue weighted by Gasteiger charge is -2.07. The van der Waals surface area contributed by atoms with Gasteiger partial charge in [0.1, 0.15) is 0 Å². The number of thiophene rings is 1. The van der Waals surface area contributed by atoms with Crippen molar-refractivity contribution in [2.75, 3.05) is 5.32 Å². The zero-order valence-corrected chi connectivity index (χ0v) is 12.7. The Morgan fingerprint density at radius 2 is 2.10 bits per heavy atom. The van der Waals surface area contributed by atoms with E-state index in [-0.39, 0.29) is 5.91 Å². The molecule has 108 valence electrons. The molecular formula is C15H12ClNO3S. The van der Waals surface area contributed by atoms with E-state index in [2.05, 4.69) is 5.32 Å². The number of benzene rings is 1. The molecule has 1 aromatic carbocycles. The fourth-order valence-electron chi connectivity index (χ4n) is 1.67. The highest BCUT2D eigenvalue weighted by atomic mass is 35.5. The van der Waals surface area contributed by atoms with Crippen LogP contribution < -0.4 is 5.32 Å². The van der Waals surface area contributed by atoms with Crippen molar-refractivity contribution in [2.24, 2.45) is 0 Å². The maximum atomic E-state index is 12.1. The van der Waals surface area contributed by atoms with Crippen molar-refractivity contribution in [3.63, 3.8) is 0 Å². The molecule has 0 unspecified atom stereocenters. The number of carboxylic acid groups (broad SMARTS) is 1. The van der Waals surface area contributed by atoms with Crippen LogP contribution in [0, 0.1) is 6.92 Å². The number of hydrogen-bond acceptors (Lipinski definition) is 3. The second-order valence-electron chi connectivity index (χ2n) is 4.32. The number of rotatable bonds is 4. The van der Waals surface area contributed by atoms with Crippen molar-refractivity contribution < 1.29 is 14.7 Å². The Morgan fingerprint density at radius 3 is 2.76 bits per heavy atom. The molecule has 2 N–H and O–H groups in total. The molecule has 0 saturated heterocycles. The monoisotopic (exact) mass is 321 g/mol. The molecule has 1 amide bonds. The molecular weight excluding hydrogens is 310 g/mol. The van der Waals surface area contributed by atoms with Crippen molar-refractivity contribution >= 4 is 46.6 Å². The molecule has 0 atom stereocenters. The van der Waals surface area contributed by atoms with Crippen LogP contribution >= 0.6 is 22.9 Å². The number of aliphatic carboxylic acids is 1. The zero-order valence-electron chi connectivity index (χ0n) is 11.1. The van der Waals surface area contributed by atoms with E-state index in [1.165, 1.54) is 17.4 Å². The minimum absolute atomic E-state index is 0.244. The lowest BCUT2D eigenvalue weighted by Crippen LogP contribution is -2.11. The summed E-state index contributed by atoms with van der Waals surface area (Å²) >= 11 is 7.17. The average Bonchev–Trinajstić information content (AvgIpc) is 2.88. The third-order valence-corrected chi connectivity index (χ3v) is 3.84. The molecule has 0 spiro atoms. The van der Waals surface area contributed by atoms with Gasteiger partial charge in [-0.25, -0.2) is 4.79 Å². The number of amides is 1. The third-order valence-electron chi connectivity index (χ3n) is 2.71. The predicted molar refractivity (Wildman–Crippen MR) is 85.1 cm³/mol. The van der Waals surface area contributed by atoms with E-state index in [1.54, 1.807) is 29.6 Å². The Kier molecular flexibility index (Phi) is 4.77. The second-order valence-corrected chi connectivity index (χ2v) is 5.70. The number of anilines is 1. The highest BCUT2D eigenvalue weighted by Crippen LogP contribution is 2.22. The first-order chi connectivity index (χ1) is 9.95. The molecule has 1 heterocycles. The number of nitrogens with one attached hydrogen (secondary N) is 1. The quantitative estimate of drug-likeness (QED) is 0.834. The molecule has 1 aromatic heterocycles. The molecule has 0 aliphatic rings. The minimum Gasteiger partial charge on any atom is -0.478 e. The van der Waals surface area contributed by atoms with Crippen LogP contribution in [-0.2, 0) is 4.79 Å². The van der Waals surface area contributed by atoms with Gasteiger partial charge in [0.25, 0.3) is 5.91 Å². The van der Waals surface area contributed by atoms with Gasteiger partial charge in [0.2, 0.25) is 0 Å². The van der Waals surface area contributed by atoms with Crippen molar-refractivity contribution in [1.82, 2.24) is 0 Å². The Balaban J connectivity index is 2.12. The van der Waals surface area contributed by atoms with E-state index < -0.39 is 5.97 Å². The van der Waals surface area contributed by atoms with Crippen molar-refractivity contribution in [2.45, 2.75) is 6.92 Å². The van der Waals surface area contributed by atoms with E-state index in [0.29, 0.717) is 21.2 Å². The summed E-state index contributed by atoms with van der Waals surface area (Å²) < 4.78 is 0. The van der Waals surface area contributed by atoms with Crippen molar-refractivity contribution in [3.8, 4) is 0 Å². The van der Waals surface area contributed by atoms with Crippen LogP contribution in [0.2, 0.25) is 5.02 Å². The van der Waals surface area contributed by atoms with Gasteiger partial charge in [-0.3, -0.25) is 4.79 Å². The highest BCUT2D eigenvalue weighted by Gasteiger charge is 2.10. The first-order valence-electron chi connectivity index (χ1n) is 6.03. The van der Waals surface area contributed by atoms with Crippen LogP contribution in [0.1, 0.15) is 20.8 Å². The molecule has 21 heavy (non-hydrogen) atoms. The molecule has 0 fully saturated rings. The largest absolute Gasteiger partial charge is 0.478 e. The van der Waals surface area contributed by atoms with Gasteiger partial charge in [-0.1, -0.05) is 11.6 Å². The minimum atomic E-state index is -1.02. The summed E-state index contributed by atoms with van der Waals surface area (Å²) in [7, 11) is 0. The standard InChI is InChI=1S/C15H12ClNO3S/c1-9-6-11(16)2-4-13(9)17-15(20)10-7-12(21-8-10)3-5-14(18)19/h2-8H,1H3,(H,17,20)(H,18,19). The van der Waals surface area contributed by atoms with Gasteiger partial charge in [-0.15, -0.1) is 11.3 Å². The number of carbonyl (C=O) groups excluding carboxylic acids is 1. The Labute approximate surface area is 130 Å². The summed E-state index contributed by atoms with van der Waals surface area (Å²) in [5.41, 5.74) is 2.05. The summed E-state index contributed by atoms with van der Waals surface area (Å²) in [6.07, 6.45) is 2.49. The number of carboxylic acids is 1. The smallest absolute Gasteiger partial charge is 0.328 e. The van der Waals surface area contributed by atoms with Gasteiger partial charge in [0.05, 0.1) is 5.56 Å². The summed E-state index contributed by atoms with van der Waals surface area (Å²) in [6, 6.07) is 6.86. The summed E-state index contributed by atoms with van der Waals surface area (Å²) in [4.78, 5) is 23.3. The van der Waals surface area contributed by atoms with Crippen LogP contribution in [0.3, 0.4) is 0 Å². The van der Waals surface area contributed by atoms with Crippen molar-refractivity contribution in [1.29, 1.82) is 0 Å². The molecule has 2 rings (SSSR count). The second kappa shape index (κ2) is 6.56. The van der Waals surface area contributed by atoms with Gasteiger partial charge in [-0.05, 0) is 42.8 Å². The molecule has 4 nitrogen and oxygen atoms in total. The van der Waals surface area contributed by atoms with E-state index in [1.807, 2.05) is 6.92 Å². The SMILES string of the molecule is Cc1cc(Cl)ccc1NC(=O)c1csc(C=CC(=O)O)c1. The predicted octanol–water partition coefficient (Wildman–Crippen LogP) is 4.06. The van der Waals surface area contributed by atoms with Gasteiger partial charge >= 0.3 is 5.97 Å². The summed E-state index contributed by atoms with van der Waals surface area (Å²) in [5, 5.41) is 13.7. The maximum Gasteiger partial charge on any atom is 0.328 e. The van der Waals surface area contributed by atoms with Crippen LogP contribution in [0.25, 0.3) is 6.08 Å². The van der Waals surface area contributed by atoms with Crippen LogP contribution in [-0.4, -0.2) is 17.0 Å². The lowest BCUT2D eigenvalue weighted by atomic mass is 10.2. The average molecular weight is 322 g/mol. The van der Waals surface area contributed by atoms with Gasteiger partial charge in [-0.2, -0.15) is 0 Å². The normalized spacial score (nSPS) is 10.8.